The molecular weight excluding hydrogens is 374 g/mol. The van der Waals surface area contributed by atoms with Crippen LogP contribution in [0.15, 0.2) is 47.4 Å². The summed E-state index contributed by atoms with van der Waals surface area (Å²) < 4.78 is 36.8. The molecule has 1 atom stereocenters. The normalized spacial score (nSPS) is 16.2. The Kier molecular flexibility index (Phi) is 5.19. The van der Waals surface area contributed by atoms with Crippen LogP contribution in [-0.4, -0.2) is 51.0 Å². The van der Waals surface area contributed by atoms with Gasteiger partial charge in [0.2, 0.25) is 10.0 Å². The van der Waals surface area contributed by atoms with Gasteiger partial charge in [0.1, 0.15) is 18.4 Å². The van der Waals surface area contributed by atoms with Crippen molar-refractivity contribution in [2.45, 2.75) is 11.0 Å². The highest BCUT2D eigenvalue weighted by Gasteiger charge is 2.25. The summed E-state index contributed by atoms with van der Waals surface area (Å²) in [6.45, 7) is 0.555. The Bertz CT molecular complexity index is 961. The van der Waals surface area contributed by atoms with E-state index >= 15 is 0 Å². The molecule has 0 spiro atoms. The van der Waals surface area contributed by atoms with Gasteiger partial charge >= 0.3 is 0 Å². The molecule has 2 aromatic carbocycles. The molecule has 144 valence electrons. The smallest absolute Gasteiger partial charge is 0.293 e. The predicted octanol–water partition coefficient (Wildman–Crippen LogP) is 2.10. The topological polar surface area (TPSA) is 111 Å². The van der Waals surface area contributed by atoms with Crippen LogP contribution in [0, 0.1) is 10.1 Å². The van der Waals surface area contributed by atoms with Crippen molar-refractivity contribution < 1.29 is 22.8 Å². The van der Waals surface area contributed by atoms with Crippen molar-refractivity contribution in [2.75, 3.05) is 32.6 Å². The first kappa shape index (κ1) is 18.9. The number of para-hydroxylation sites is 2. The molecular formula is C17H19N3O6S. The van der Waals surface area contributed by atoms with Crippen molar-refractivity contribution in [2.24, 2.45) is 0 Å². The highest BCUT2D eigenvalue weighted by molar-refractivity contribution is 7.89. The molecule has 2 aromatic rings. The maximum absolute atomic E-state index is 12.2. The molecule has 1 aliphatic heterocycles. The van der Waals surface area contributed by atoms with Crippen molar-refractivity contribution >= 4 is 21.4 Å². The fraction of sp³-hybridized carbons (Fsp3) is 0.294. The van der Waals surface area contributed by atoms with Gasteiger partial charge in [-0.3, -0.25) is 10.1 Å². The van der Waals surface area contributed by atoms with Crippen molar-refractivity contribution in [1.29, 1.82) is 0 Å². The van der Waals surface area contributed by atoms with Gasteiger partial charge in [-0.2, -0.15) is 0 Å². The largest absolute Gasteiger partial charge is 0.486 e. The number of nitrogens with zero attached hydrogens (tertiary/aromatic N) is 2. The lowest BCUT2D eigenvalue weighted by molar-refractivity contribution is -0.384. The van der Waals surface area contributed by atoms with Crippen molar-refractivity contribution in [3.05, 3.63) is 52.6 Å². The van der Waals surface area contributed by atoms with E-state index in [4.69, 9.17) is 9.47 Å². The first-order valence-corrected chi connectivity index (χ1v) is 9.56. The van der Waals surface area contributed by atoms with E-state index in [-0.39, 0.29) is 28.9 Å². The lowest BCUT2D eigenvalue weighted by Crippen LogP contribution is -2.35. The van der Waals surface area contributed by atoms with Crippen molar-refractivity contribution in [3.63, 3.8) is 0 Å². The molecule has 9 nitrogen and oxygen atoms in total. The summed E-state index contributed by atoms with van der Waals surface area (Å²) in [7, 11) is -1.03. The Morgan fingerprint density at radius 1 is 1.22 bits per heavy atom. The number of benzene rings is 2. The number of nitro groups is 1. The molecule has 27 heavy (non-hydrogen) atoms. The number of anilines is 1. The monoisotopic (exact) mass is 393 g/mol. The van der Waals surface area contributed by atoms with Crippen LogP contribution < -0.4 is 14.8 Å². The van der Waals surface area contributed by atoms with Gasteiger partial charge in [-0.05, 0) is 24.3 Å². The predicted molar refractivity (Wildman–Crippen MR) is 98.8 cm³/mol. The summed E-state index contributed by atoms with van der Waals surface area (Å²) in [6.07, 6.45) is -0.343. The quantitative estimate of drug-likeness (QED) is 0.591. The zero-order chi connectivity index (χ0) is 19.6. The fourth-order valence-electron chi connectivity index (χ4n) is 2.57. The van der Waals surface area contributed by atoms with Crippen LogP contribution in [0.3, 0.4) is 0 Å². The van der Waals surface area contributed by atoms with E-state index in [1.54, 1.807) is 12.1 Å². The van der Waals surface area contributed by atoms with E-state index in [1.807, 2.05) is 12.1 Å². The Morgan fingerprint density at radius 3 is 2.59 bits per heavy atom. The summed E-state index contributed by atoms with van der Waals surface area (Å²) in [5.74, 6) is 1.26. The molecule has 1 aliphatic rings. The van der Waals surface area contributed by atoms with E-state index in [2.05, 4.69) is 5.32 Å². The first-order valence-electron chi connectivity index (χ1n) is 8.12. The van der Waals surface area contributed by atoms with Crippen LogP contribution in [0.2, 0.25) is 0 Å². The molecule has 0 bridgehead atoms. The number of nitro benzene ring substituents is 1. The highest BCUT2D eigenvalue weighted by atomic mass is 32.2. The zero-order valence-electron chi connectivity index (χ0n) is 14.8. The minimum absolute atomic E-state index is 0.143. The number of hydrogen-bond donors (Lipinski definition) is 1. The van der Waals surface area contributed by atoms with E-state index in [1.165, 1.54) is 26.2 Å². The second-order valence-electron chi connectivity index (χ2n) is 6.10. The van der Waals surface area contributed by atoms with Gasteiger partial charge in [0.05, 0.1) is 16.4 Å². The summed E-state index contributed by atoms with van der Waals surface area (Å²) >= 11 is 0. The van der Waals surface area contributed by atoms with Crippen LogP contribution in [0.25, 0.3) is 0 Å². The van der Waals surface area contributed by atoms with Gasteiger partial charge in [-0.15, -0.1) is 0 Å². The second-order valence-corrected chi connectivity index (χ2v) is 8.25. The molecule has 1 heterocycles. The number of hydrogen-bond acceptors (Lipinski definition) is 7. The molecule has 0 saturated carbocycles. The number of rotatable bonds is 6. The summed E-state index contributed by atoms with van der Waals surface area (Å²) in [5.41, 5.74) is -0.116. The zero-order valence-corrected chi connectivity index (χ0v) is 15.6. The molecule has 3 rings (SSSR count). The SMILES string of the molecule is CN(C)S(=O)(=O)c1ccc(NC[C@@H]2COc3ccccc3O2)c([N+](=O)[O-])c1. The van der Waals surface area contributed by atoms with Crippen LogP contribution in [0.1, 0.15) is 0 Å². The van der Waals surface area contributed by atoms with Gasteiger partial charge in [0, 0.05) is 20.2 Å². The van der Waals surface area contributed by atoms with Gasteiger partial charge < -0.3 is 14.8 Å². The minimum Gasteiger partial charge on any atom is -0.486 e. The molecule has 0 saturated heterocycles. The van der Waals surface area contributed by atoms with E-state index in [9.17, 15) is 18.5 Å². The van der Waals surface area contributed by atoms with Crippen molar-refractivity contribution in [1.82, 2.24) is 4.31 Å². The van der Waals surface area contributed by atoms with Gasteiger partial charge in [-0.1, -0.05) is 12.1 Å². The standard InChI is InChI=1S/C17H19N3O6S/c1-19(2)27(23,24)13-7-8-14(15(9-13)20(21)22)18-10-12-11-25-16-5-3-4-6-17(16)26-12/h3-9,12,18H,10-11H2,1-2H3/t12-/m1/s1. The maximum atomic E-state index is 12.2. The van der Waals surface area contributed by atoms with Gasteiger partial charge in [-0.25, -0.2) is 12.7 Å². The summed E-state index contributed by atoms with van der Waals surface area (Å²) in [4.78, 5) is 10.6. The van der Waals surface area contributed by atoms with Crippen LogP contribution >= 0.6 is 0 Å². The average molecular weight is 393 g/mol. The number of ether oxygens (including phenoxy) is 2. The maximum Gasteiger partial charge on any atom is 0.293 e. The van der Waals surface area contributed by atoms with Gasteiger partial charge in [0.15, 0.2) is 11.5 Å². The number of nitrogens with one attached hydrogen (secondary N) is 1. The molecule has 1 N–H and O–H groups in total. The summed E-state index contributed by atoms with van der Waals surface area (Å²) in [5, 5.41) is 14.3. The lowest BCUT2D eigenvalue weighted by atomic mass is 10.2. The lowest BCUT2D eigenvalue weighted by Gasteiger charge is -2.26. The molecule has 0 aromatic heterocycles. The molecule has 10 heteroatoms. The Balaban J connectivity index is 1.76. The third-order valence-electron chi connectivity index (χ3n) is 4.03. The minimum atomic E-state index is -3.76. The van der Waals surface area contributed by atoms with Crippen LogP contribution in [-0.2, 0) is 10.0 Å². The third-order valence-corrected chi connectivity index (χ3v) is 5.84. The number of fused-ring (bicyclic) bond motifs is 1. The molecule has 0 unspecified atom stereocenters. The Hall–Kier alpha value is -2.85. The number of sulfonamides is 1. The first-order chi connectivity index (χ1) is 12.8. The van der Waals surface area contributed by atoms with E-state index in [0.29, 0.717) is 18.1 Å². The molecule has 0 radical (unpaired) electrons. The fourth-order valence-corrected chi connectivity index (χ4v) is 3.49. The summed E-state index contributed by atoms with van der Waals surface area (Å²) in [6, 6.07) is 11.0. The van der Waals surface area contributed by atoms with E-state index < -0.39 is 14.9 Å². The van der Waals surface area contributed by atoms with E-state index in [0.717, 1.165) is 10.4 Å². The Labute approximate surface area is 156 Å². The second kappa shape index (κ2) is 7.41. The Morgan fingerprint density at radius 2 is 1.93 bits per heavy atom. The third kappa shape index (κ3) is 3.96. The van der Waals surface area contributed by atoms with Crippen molar-refractivity contribution in [3.8, 4) is 11.5 Å². The van der Waals surface area contributed by atoms with Gasteiger partial charge in [0.25, 0.3) is 5.69 Å². The highest BCUT2D eigenvalue weighted by Crippen LogP contribution is 2.32. The van der Waals surface area contributed by atoms with Crippen LogP contribution in [0.4, 0.5) is 11.4 Å². The van der Waals surface area contributed by atoms with Crippen LogP contribution in [0.5, 0.6) is 11.5 Å². The molecule has 0 aliphatic carbocycles. The molecule has 0 fully saturated rings. The molecule has 0 amide bonds. The average Bonchev–Trinajstić information content (AvgIpc) is 2.65.